The lowest BCUT2D eigenvalue weighted by molar-refractivity contribution is 0.355. The van der Waals surface area contributed by atoms with Gasteiger partial charge in [0, 0.05) is 0 Å². The highest BCUT2D eigenvalue weighted by molar-refractivity contribution is 6.37. The van der Waals surface area contributed by atoms with Gasteiger partial charge in [-0.05, 0) is 24.6 Å². The van der Waals surface area contributed by atoms with Crippen molar-refractivity contribution in [3.05, 3.63) is 27.7 Å². The van der Waals surface area contributed by atoms with E-state index in [0.717, 1.165) is 5.56 Å². The van der Waals surface area contributed by atoms with Crippen LogP contribution in [0.3, 0.4) is 0 Å². The molecule has 1 radical (unpaired) electrons. The second kappa shape index (κ2) is 2.69. The average Bonchev–Trinajstić information content (AvgIpc) is 1.82. The summed E-state index contributed by atoms with van der Waals surface area (Å²) in [4.78, 5) is 0. The van der Waals surface area contributed by atoms with E-state index in [9.17, 15) is 5.11 Å². The minimum Gasteiger partial charge on any atom is -0.287 e. The molecule has 0 aromatic heterocycles. The summed E-state index contributed by atoms with van der Waals surface area (Å²) >= 11 is 11.0. The molecule has 0 aliphatic carbocycles. The quantitative estimate of drug-likeness (QED) is 0.576. The van der Waals surface area contributed by atoms with Crippen LogP contribution in [0, 0.1) is 6.92 Å². The fraction of sp³-hybridized carbons (Fsp3) is 0.143. The molecule has 0 saturated heterocycles. The minimum atomic E-state index is -0.297. The summed E-state index contributed by atoms with van der Waals surface area (Å²) in [5.74, 6) is -0.297. The van der Waals surface area contributed by atoms with Crippen molar-refractivity contribution >= 4 is 23.2 Å². The van der Waals surface area contributed by atoms with Crippen molar-refractivity contribution < 1.29 is 5.11 Å². The summed E-state index contributed by atoms with van der Waals surface area (Å²) in [6.07, 6.45) is 0. The van der Waals surface area contributed by atoms with Gasteiger partial charge >= 0.3 is 0 Å². The molecule has 0 bridgehead atoms. The normalized spacial score (nSPS) is 9.90. The van der Waals surface area contributed by atoms with Crippen molar-refractivity contribution in [2.24, 2.45) is 0 Å². The number of benzene rings is 1. The highest BCUT2D eigenvalue weighted by Crippen LogP contribution is 2.32. The Morgan fingerprint density at radius 3 is 2.00 bits per heavy atom. The van der Waals surface area contributed by atoms with Gasteiger partial charge in [0.15, 0.2) is 0 Å². The van der Waals surface area contributed by atoms with E-state index in [4.69, 9.17) is 23.2 Å². The minimum absolute atomic E-state index is 0.185. The molecule has 0 unspecified atom stereocenters. The Labute approximate surface area is 69.2 Å². The van der Waals surface area contributed by atoms with Crippen LogP contribution < -0.4 is 0 Å². The third-order valence-corrected chi connectivity index (χ3v) is 1.70. The lowest BCUT2D eigenvalue weighted by atomic mass is 10.2. The topological polar surface area (TPSA) is 19.9 Å². The van der Waals surface area contributed by atoms with E-state index in [1.807, 2.05) is 6.92 Å². The molecule has 0 N–H and O–H groups in total. The highest BCUT2D eigenvalue weighted by atomic mass is 35.5. The van der Waals surface area contributed by atoms with E-state index in [1.54, 1.807) is 12.1 Å². The zero-order valence-corrected chi connectivity index (χ0v) is 6.83. The van der Waals surface area contributed by atoms with Gasteiger partial charge in [-0.3, -0.25) is 5.11 Å². The van der Waals surface area contributed by atoms with E-state index in [-0.39, 0.29) is 15.8 Å². The van der Waals surface area contributed by atoms with E-state index in [0.29, 0.717) is 0 Å². The van der Waals surface area contributed by atoms with Gasteiger partial charge in [0.05, 0.1) is 10.0 Å². The Balaban J connectivity index is 3.31. The van der Waals surface area contributed by atoms with Crippen LogP contribution in [0.2, 0.25) is 10.0 Å². The lowest BCUT2D eigenvalue weighted by Crippen LogP contribution is -1.73. The molecule has 0 amide bonds. The Bertz CT molecular complexity index is 235. The highest BCUT2D eigenvalue weighted by Gasteiger charge is 2.05. The fourth-order valence-electron chi connectivity index (χ4n) is 0.687. The predicted molar refractivity (Wildman–Crippen MR) is 41.3 cm³/mol. The predicted octanol–water partition coefficient (Wildman–Crippen LogP) is 3.45. The Morgan fingerprint density at radius 2 is 1.60 bits per heavy atom. The third kappa shape index (κ3) is 1.36. The third-order valence-electron chi connectivity index (χ3n) is 1.14. The molecular weight excluding hydrogens is 171 g/mol. The molecule has 0 atom stereocenters. The molecule has 0 aliphatic rings. The van der Waals surface area contributed by atoms with Crippen molar-refractivity contribution in [2.75, 3.05) is 0 Å². The Kier molecular flexibility index (Phi) is 2.07. The first kappa shape index (κ1) is 7.70. The summed E-state index contributed by atoms with van der Waals surface area (Å²) in [5.41, 5.74) is 0.898. The van der Waals surface area contributed by atoms with Crippen LogP contribution in [0.15, 0.2) is 12.1 Å². The monoisotopic (exact) mass is 175 g/mol. The maximum absolute atomic E-state index is 10.9. The van der Waals surface area contributed by atoms with E-state index in [2.05, 4.69) is 0 Å². The number of aryl methyl sites for hydroxylation is 1. The van der Waals surface area contributed by atoms with Crippen molar-refractivity contribution in [1.82, 2.24) is 0 Å². The first-order valence-electron chi connectivity index (χ1n) is 2.74. The number of hydrogen-bond donors (Lipinski definition) is 0. The SMILES string of the molecule is Cc1cc(Cl)c([O])c(Cl)c1. The first-order valence-corrected chi connectivity index (χ1v) is 3.49. The Hall–Kier alpha value is -0.400. The smallest absolute Gasteiger partial charge is 0.215 e. The lowest BCUT2D eigenvalue weighted by Gasteiger charge is -1.96. The Morgan fingerprint density at radius 1 is 1.20 bits per heavy atom. The van der Waals surface area contributed by atoms with Crippen LogP contribution in [0.1, 0.15) is 5.56 Å². The van der Waals surface area contributed by atoms with E-state index < -0.39 is 0 Å². The molecule has 3 heteroatoms. The van der Waals surface area contributed by atoms with Gasteiger partial charge in [-0.15, -0.1) is 0 Å². The van der Waals surface area contributed by atoms with Gasteiger partial charge in [-0.2, -0.15) is 0 Å². The average molecular weight is 176 g/mol. The van der Waals surface area contributed by atoms with Crippen LogP contribution in [0.25, 0.3) is 0 Å². The largest absolute Gasteiger partial charge is 0.287 e. The van der Waals surface area contributed by atoms with Gasteiger partial charge in [0.2, 0.25) is 5.75 Å². The van der Waals surface area contributed by atoms with E-state index >= 15 is 0 Å². The maximum atomic E-state index is 10.9. The fourth-order valence-corrected chi connectivity index (χ4v) is 1.28. The van der Waals surface area contributed by atoms with Gasteiger partial charge < -0.3 is 0 Å². The molecule has 0 spiro atoms. The number of hydrogen-bond acceptors (Lipinski definition) is 0. The van der Waals surface area contributed by atoms with Gasteiger partial charge in [-0.25, -0.2) is 0 Å². The van der Waals surface area contributed by atoms with Crippen molar-refractivity contribution in [3.63, 3.8) is 0 Å². The first-order chi connectivity index (χ1) is 4.61. The van der Waals surface area contributed by atoms with Crippen LogP contribution in [0.5, 0.6) is 5.75 Å². The molecule has 1 nitrogen and oxygen atoms in total. The van der Waals surface area contributed by atoms with Gasteiger partial charge in [-0.1, -0.05) is 23.2 Å². The molecular formula is C7H5Cl2O. The molecule has 0 fully saturated rings. The molecule has 1 rings (SSSR count). The molecule has 1 aromatic rings. The van der Waals surface area contributed by atoms with E-state index in [1.165, 1.54) is 0 Å². The molecule has 10 heavy (non-hydrogen) atoms. The molecule has 1 aromatic carbocycles. The van der Waals surface area contributed by atoms with Crippen molar-refractivity contribution in [1.29, 1.82) is 0 Å². The number of halogens is 2. The molecule has 0 heterocycles. The summed E-state index contributed by atoms with van der Waals surface area (Å²) in [6, 6.07) is 3.19. The van der Waals surface area contributed by atoms with Gasteiger partial charge in [0.25, 0.3) is 0 Å². The zero-order valence-electron chi connectivity index (χ0n) is 5.32. The van der Waals surface area contributed by atoms with Crippen LogP contribution >= 0.6 is 23.2 Å². The van der Waals surface area contributed by atoms with Crippen molar-refractivity contribution in [2.45, 2.75) is 6.92 Å². The zero-order chi connectivity index (χ0) is 7.72. The number of rotatable bonds is 0. The van der Waals surface area contributed by atoms with Crippen LogP contribution in [-0.2, 0) is 5.11 Å². The molecule has 0 aliphatic heterocycles. The van der Waals surface area contributed by atoms with Crippen LogP contribution in [-0.4, -0.2) is 0 Å². The maximum Gasteiger partial charge on any atom is 0.215 e. The van der Waals surface area contributed by atoms with Crippen LogP contribution in [0.4, 0.5) is 0 Å². The summed E-state index contributed by atoms with van der Waals surface area (Å²) in [5, 5.41) is 11.2. The summed E-state index contributed by atoms with van der Waals surface area (Å²) in [7, 11) is 0. The second-order valence-electron chi connectivity index (χ2n) is 2.06. The molecule has 53 valence electrons. The van der Waals surface area contributed by atoms with Gasteiger partial charge in [0.1, 0.15) is 0 Å². The van der Waals surface area contributed by atoms with Crippen molar-refractivity contribution in [3.8, 4) is 5.75 Å². The standard InChI is InChI=1S/C7H5Cl2O/c1-4-2-5(8)7(10)6(9)3-4/h2-3H,1H3. The second-order valence-corrected chi connectivity index (χ2v) is 2.87. The summed E-state index contributed by atoms with van der Waals surface area (Å²) < 4.78 is 0. The molecule has 0 saturated carbocycles. The summed E-state index contributed by atoms with van der Waals surface area (Å²) in [6.45, 7) is 1.83.